The van der Waals surface area contributed by atoms with E-state index in [0.717, 1.165) is 10.0 Å². The van der Waals surface area contributed by atoms with E-state index in [2.05, 4.69) is 15.9 Å². The molecule has 1 N–H and O–H groups in total. The molecule has 1 amide bonds. The number of carboxylic acids is 1. The highest BCUT2D eigenvalue weighted by molar-refractivity contribution is 9.10. The molecule has 122 valence electrons. The molecule has 0 aliphatic carbocycles. The average molecular weight is 398 g/mol. The molecule has 1 aromatic carbocycles. The van der Waals surface area contributed by atoms with Crippen molar-refractivity contribution in [1.29, 1.82) is 0 Å². The quantitative estimate of drug-likeness (QED) is 0.774. The van der Waals surface area contributed by atoms with Crippen LogP contribution in [-0.2, 0) is 11.3 Å². The Morgan fingerprint density at radius 3 is 2.74 bits per heavy atom. The number of benzene rings is 1. The molecule has 5 nitrogen and oxygen atoms in total. The minimum absolute atomic E-state index is 0.0950. The molecular formula is C16H16BrNO4S. The van der Waals surface area contributed by atoms with Crippen molar-refractivity contribution in [2.24, 2.45) is 0 Å². The number of carbonyl (C=O) groups is 2. The molecule has 0 unspecified atom stereocenters. The van der Waals surface area contributed by atoms with E-state index in [9.17, 15) is 9.59 Å². The maximum absolute atomic E-state index is 12.7. The Bertz CT molecular complexity index is 701. The van der Waals surface area contributed by atoms with Gasteiger partial charge >= 0.3 is 5.97 Å². The summed E-state index contributed by atoms with van der Waals surface area (Å²) in [4.78, 5) is 25.6. The Balaban J connectivity index is 2.18. The molecule has 2 rings (SSSR count). The SMILES string of the molecule is COc1csc(C(=O)N(CCC(=O)O)Cc2cccc(Br)c2)c1. The highest BCUT2D eigenvalue weighted by Crippen LogP contribution is 2.23. The van der Waals surface area contributed by atoms with E-state index in [4.69, 9.17) is 9.84 Å². The Kier molecular flexibility index (Phi) is 6.18. The molecular weight excluding hydrogens is 382 g/mol. The maximum Gasteiger partial charge on any atom is 0.305 e. The van der Waals surface area contributed by atoms with Gasteiger partial charge in [-0.15, -0.1) is 11.3 Å². The molecule has 0 aliphatic rings. The highest BCUT2D eigenvalue weighted by atomic mass is 79.9. The number of amides is 1. The lowest BCUT2D eigenvalue weighted by Crippen LogP contribution is -2.32. The first kappa shape index (κ1) is 17.5. The number of thiophene rings is 1. The highest BCUT2D eigenvalue weighted by Gasteiger charge is 2.19. The largest absolute Gasteiger partial charge is 0.496 e. The Labute approximate surface area is 146 Å². The fourth-order valence-electron chi connectivity index (χ4n) is 2.03. The smallest absolute Gasteiger partial charge is 0.305 e. The number of hydrogen-bond acceptors (Lipinski definition) is 4. The van der Waals surface area contributed by atoms with Crippen molar-refractivity contribution in [3.05, 3.63) is 50.6 Å². The lowest BCUT2D eigenvalue weighted by molar-refractivity contribution is -0.137. The van der Waals surface area contributed by atoms with E-state index in [1.54, 1.807) is 23.5 Å². The van der Waals surface area contributed by atoms with Gasteiger partial charge in [0.1, 0.15) is 5.75 Å². The van der Waals surface area contributed by atoms with Gasteiger partial charge in [-0.2, -0.15) is 0 Å². The van der Waals surface area contributed by atoms with Crippen LogP contribution < -0.4 is 4.74 Å². The zero-order valence-electron chi connectivity index (χ0n) is 12.5. The summed E-state index contributed by atoms with van der Waals surface area (Å²) in [5.41, 5.74) is 0.932. The van der Waals surface area contributed by atoms with Gasteiger partial charge < -0.3 is 14.7 Å². The minimum Gasteiger partial charge on any atom is -0.496 e. The van der Waals surface area contributed by atoms with E-state index < -0.39 is 5.97 Å². The molecule has 7 heteroatoms. The number of nitrogens with zero attached hydrogens (tertiary/aromatic N) is 1. The first-order valence-electron chi connectivity index (χ1n) is 6.87. The maximum atomic E-state index is 12.7. The van der Waals surface area contributed by atoms with E-state index in [-0.39, 0.29) is 18.9 Å². The summed E-state index contributed by atoms with van der Waals surface area (Å²) in [6.45, 7) is 0.507. The van der Waals surface area contributed by atoms with E-state index >= 15 is 0 Å². The number of methoxy groups -OCH3 is 1. The predicted molar refractivity (Wildman–Crippen MR) is 92.0 cm³/mol. The van der Waals surface area contributed by atoms with Crippen LogP contribution in [0.1, 0.15) is 21.7 Å². The van der Waals surface area contributed by atoms with E-state index in [1.165, 1.54) is 11.3 Å². The van der Waals surface area contributed by atoms with Crippen molar-refractivity contribution in [3.63, 3.8) is 0 Å². The molecule has 1 aromatic heterocycles. The molecule has 0 radical (unpaired) electrons. The average Bonchev–Trinajstić information content (AvgIpc) is 2.99. The predicted octanol–water partition coefficient (Wildman–Crippen LogP) is 3.64. The van der Waals surface area contributed by atoms with Crippen molar-refractivity contribution >= 4 is 39.1 Å². The molecule has 23 heavy (non-hydrogen) atoms. The first-order valence-corrected chi connectivity index (χ1v) is 8.55. The Morgan fingerprint density at radius 2 is 2.13 bits per heavy atom. The van der Waals surface area contributed by atoms with E-state index in [1.807, 2.05) is 24.3 Å². The zero-order valence-corrected chi connectivity index (χ0v) is 14.9. The lowest BCUT2D eigenvalue weighted by Gasteiger charge is -2.21. The fourth-order valence-corrected chi connectivity index (χ4v) is 3.30. The lowest BCUT2D eigenvalue weighted by atomic mass is 10.2. The van der Waals surface area contributed by atoms with Gasteiger partial charge in [0, 0.05) is 29.0 Å². The summed E-state index contributed by atoms with van der Waals surface area (Å²) in [6, 6.07) is 9.27. The topological polar surface area (TPSA) is 66.8 Å². The van der Waals surface area contributed by atoms with Gasteiger partial charge in [0.15, 0.2) is 0 Å². The molecule has 0 saturated carbocycles. The molecule has 0 saturated heterocycles. The van der Waals surface area contributed by atoms with Crippen LogP contribution in [0.5, 0.6) is 5.75 Å². The zero-order chi connectivity index (χ0) is 16.8. The van der Waals surface area contributed by atoms with Gasteiger partial charge in [0.25, 0.3) is 5.91 Å². The number of carboxylic acid groups (broad SMARTS) is 1. The second kappa shape index (κ2) is 8.12. The van der Waals surface area contributed by atoms with Crippen LogP contribution in [0.15, 0.2) is 40.2 Å². The van der Waals surface area contributed by atoms with Gasteiger partial charge in [-0.3, -0.25) is 9.59 Å². The second-order valence-electron chi connectivity index (χ2n) is 4.85. The van der Waals surface area contributed by atoms with Crippen LogP contribution in [0.4, 0.5) is 0 Å². The summed E-state index contributed by atoms with van der Waals surface area (Å²) >= 11 is 4.68. The van der Waals surface area contributed by atoms with Gasteiger partial charge in [0.2, 0.25) is 0 Å². The van der Waals surface area contributed by atoms with Crippen LogP contribution in [0.2, 0.25) is 0 Å². The Hall–Kier alpha value is -1.86. The molecule has 0 atom stereocenters. The van der Waals surface area contributed by atoms with Gasteiger partial charge in [0.05, 0.1) is 18.4 Å². The number of rotatable bonds is 7. The molecule has 0 spiro atoms. The standard InChI is InChI=1S/C16H16BrNO4S/c1-22-13-8-14(23-10-13)16(21)18(6-5-15(19)20)9-11-3-2-4-12(17)7-11/h2-4,7-8,10H,5-6,9H2,1H3,(H,19,20). The summed E-state index contributed by atoms with van der Waals surface area (Å²) in [5, 5.41) is 10.7. The number of aliphatic carboxylic acids is 1. The summed E-state index contributed by atoms with van der Waals surface area (Å²) in [6.07, 6.45) is -0.0950. The van der Waals surface area contributed by atoms with Crippen LogP contribution in [0.25, 0.3) is 0 Å². The van der Waals surface area contributed by atoms with Crippen molar-refractivity contribution in [2.45, 2.75) is 13.0 Å². The second-order valence-corrected chi connectivity index (χ2v) is 6.68. The summed E-state index contributed by atoms with van der Waals surface area (Å²) < 4.78 is 6.01. The van der Waals surface area contributed by atoms with Crippen LogP contribution >= 0.6 is 27.3 Å². The number of halogens is 1. The fraction of sp³-hybridized carbons (Fsp3) is 0.250. The summed E-state index contributed by atoms with van der Waals surface area (Å²) in [7, 11) is 1.54. The third-order valence-electron chi connectivity index (χ3n) is 3.17. The summed E-state index contributed by atoms with van der Waals surface area (Å²) in [5.74, 6) is -0.501. The molecule has 0 bridgehead atoms. The molecule has 2 aromatic rings. The number of hydrogen-bond donors (Lipinski definition) is 1. The third-order valence-corrected chi connectivity index (χ3v) is 4.56. The molecule has 0 fully saturated rings. The van der Waals surface area contributed by atoms with E-state index in [0.29, 0.717) is 17.2 Å². The van der Waals surface area contributed by atoms with Gasteiger partial charge in [-0.1, -0.05) is 28.1 Å². The van der Waals surface area contributed by atoms with Crippen LogP contribution in [0.3, 0.4) is 0 Å². The Morgan fingerprint density at radius 1 is 1.35 bits per heavy atom. The molecule has 0 aliphatic heterocycles. The van der Waals surface area contributed by atoms with Crippen molar-refractivity contribution in [2.75, 3.05) is 13.7 Å². The molecule has 1 heterocycles. The third kappa shape index (κ3) is 5.07. The number of carbonyl (C=O) groups excluding carboxylic acids is 1. The van der Waals surface area contributed by atoms with Crippen molar-refractivity contribution in [1.82, 2.24) is 4.90 Å². The normalized spacial score (nSPS) is 10.3. The van der Waals surface area contributed by atoms with Crippen molar-refractivity contribution < 1.29 is 19.4 Å². The monoisotopic (exact) mass is 397 g/mol. The minimum atomic E-state index is -0.930. The van der Waals surface area contributed by atoms with Gasteiger partial charge in [-0.25, -0.2) is 0 Å². The van der Waals surface area contributed by atoms with Crippen molar-refractivity contribution in [3.8, 4) is 5.75 Å². The first-order chi connectivity index (χ1) is 11.0. The van der Waals surface area contributed by atoms with Gasteiger partial charge in [-0.05, 0) is 17.7 Å². The van der Waals surface area contributed by atoms with Crippen LogP contribution in [-0.4, -0.2) is 35.5 Å². The number of ether oxygens (including phenoxy) is 1. The van der Waals surface area contributed by atoms with Crippen LogP contribution in [0, 0.1) is 0 Å².